The molecule has 0 aliphatic rings. The lowest BCUT2D eigenvalue weighted by Crippen LogP contribution is -2.34. The Labute approximate surface area is 129 Å². The van der Waals surface area contributed by atoms with Gasteiger partial charge in [-0.05, 0) is 6.92 Å². The summed E-state index contributed by atoms with van der Waals surface area (Å²) in [6.07, 6.45) is 1.94. The standard InChI is InChI=1S/C16H30N4O/c1-11(2)16-18-9-15(20(6)13(5)10-21-7)14(19-16)8-17-12(3)4/h9,11-13,17H,8,10H2,1-7H3. The number of hydrogen-bond acceptors (Lipinski definition) is 5. The Morgan fingerprint density at radius 2 is 1.90 bits per heavy atom. The zero-order chi connectivity index (χ0) is 16.0. The zero-order valence-corrected chi connectivity index (χ0v) is 14.5. The summed E-state index contributed by atoms with van der Waals surface area (Å²) in [5.74, 6) is 1.23. The number of hydrogen-bond donors (Lipinski definition) is 1. The van der Waals surface area contributed by atoms with Crippen LogP contribution in [-0.4, -0.2) is 42.8 Å². The van der Waals surface area contributed by atoms with Crippen LogP contribution >= 0.6 is 0 Å². The summed E-state index contributed by atoms with van der Waals surface area (Å²) in [5.41, 5.74) is 2.12. The molecule has 0 radical (unpaired) electrons. The van der Waals surface area contributed by atoms with Crippen molar-refractivity contribution in [3.63, 3.8) is 0 Å². The van der Waals surface area contributed by atoms with E-state index in [1.54, 1.807) is 7.11 Å². The Morgan fingerprint density at radius 1 is 1.24 bits per heavy atom. The quantitative estimate of drug-likeness (QED) is 0.798. The molecule has 1 rings (SSSR count). The molecule has 0 aromatic carbocycles. The second-order valence-corrected chi connectivity index (χ2v) is 6.17. The van der Waals surface area contributed by atoms with Gasteiger partial charge in [-0.15, -0.1) is 0 Å². The molecule has 1 unspecified atom stereocenters. The van der Waals surface area contributed by atoms with Crippen molar-refractivity contribution in [2.75, 3.05) is 25.7 Å². The molecule has 0 saturated carbocycles. The van der Waals surface area contributed by atoms with Gasteiger partial charge in [0.2, 0.25) is 0 Å². The summed E-state index contributed by atoms with van der Waals surface area (Å²) in [4.78, 5) is 11.4. The molecule has 0 aliphatic carbocycles. The Bertz CT molecular complexity index is 434. The molecule has 1 aromatic heterocycles. The van der Waals surface area contributed by atoms with Gasteiger partial charge in [-0.2, -0.15) is 0 Å². The Morgan fingerprint density at radius 3 is 2.43 bits per heavy atom. The van der Waals surface area contributed by atoms with Gasteiger partial charge >= 0.3 is 0 Å². The van der Waals surface area contributed by atoms with Gasteiger partial charge in [0.15, 0.2) is 0 Å². The first kappa shape index (κ1) is 17.9. The second-order valence-electron chi connectivity index (χ2n) is 6.17. The molecule has 0 amide bonds. The minimum Gasteiger partial charge on any atom is -0.383 e. The van der Waals surface area contributed by atoms with Crippen molar-refractivity contribution in [1.82, 2.24) is 15.3 Å². The van der Waals surface area contributed by atoms with E-state index in [-0.39, 0.29) is 6.04 Å². The Kier molecular flexibility index (Phi) is 7.05. The fourth-order valence-corrected chi connectivity index (χ4v) is 2.02. The summed E-state index contributed by atoms with van der Waals surface area (Å²) in [7, 11) is 3.79. The van der Waals surface area contributed by atoms with E-state index in [9.17, 15) is 0 Å². The van der Waals surface area contributed by atoms with Crippen LogP contribution in [0.15, 0.2) is 6.20 Å². The SMILES string of the molecule is COCC(C)N(C)c1cnc(C(C)C)nc1CNC(C)C. The predicted molar refractivity (Wildman–Crippen MR) is 87.8 cm³/mol. The normalized spacial score (nSPS) is 13.0. The van der Waals surface area contributed by atoms with Crippen LogP contribution in [0.2, 0.25) is 0 Å². The molecule has 1 heterocycles. The van der Waals surface area contributed by atoms with E-state index < -0.39 is 0 Å². The van der Waals surface area contributed by atoms with Crippen molar-refractivity contribution in [3.05, 3.63) is 17.7 Å². The minimum absolute atomic E-state index is 0.279. The monoisotopic (exact) mass is 294 g/mol. The summed E-state index contributed by atoms with van der Waals surface area (Å²) in [6, 6.07) is 0.707. The molecule has 0 aliphatic heterocycles. The Balaban J connectivity index is 3.04. The van der Waals surface area contributed by atoms with Crippen molar-refractivity contribution >= 4 is 5.69 Å². The molecule has 0 fully saturated rings. The molecule has 0 saturated heterocycles. The Hall–Kier alpha value is -1.20. The highest BCUT2D eigenvalue weighted by Gasteiger charge is 2.17. The van der Waals surface area contributed by atoms with Crippen LogP contribution < -0.4 is 10.2 Å². The van der Waals surface area contributed by atoms with Gasteiger partial charge in [-0.1, -0.05) is 27.7 Å². The number of anilines is 1. The van der Waals surface area contributed by atoms with E-state index in [1.807, 2.05) is 6.20 Å². The third-order valence-electron chi connectivity index (χ3n) is 3.51. The number of methoxy groups -OCH3 is 1. The number of likely N-dealkylation sites (N-methyl/N-ethyl adjacent to an activating group) is 1. The van der Waals surface area contributed by atoms with Crippen LogP contribution in [-0.2, 0) is 11.3 Å². The fraction of sp³-hybridized carbons (Fsp3) is 0.750. The van der Waals surface area contributed by atoms with Gasteiger partial charge in [0.25, 0.3) is 0 Å². The van der Waals surface area contributed by atoms with Crippen molar-refractivity contribution in [1.29, 1.82) is 0 Å². The summed E-state index contributed by atoms with van der Waals surface area (Å²) >= 11 is 0. The highest BCUT2D eigenvalue weighted by molar-refractivity contribution is 5.49. The van der Waals surface area contributed by atoms with E-state index in [1.165, 1.54) is 0 Å². The molecule has 120 valence electrons. The van der Waals surface area contributed by atoms with Gasteiger partial charge in [0.05, 0.1) is 24.2 Å². The summed E-state index contributed by atoms with van der Waals surface area (Å²) in [6.45, 7) is 12.1. The lowest BCUT2D eigenvalue weighted by atomic mass is 10.2. The molecular formula is C16H30N4O. The lowest BCUT2D eigenvalue weighted by molar-refractivity contribution is 0.183. The molecule has 1 aromatic rings. The van der Waals surface area contributed by atoms with Crippen molar-refractivity contribution in [2.45, 2.75) is 59.2 Å². The average molecular weight is 294 g/mol. The maximum atomic E-state index is 5.25. The van der Waals surface area contributed by atoms with Crippen LogP contribution in [0.1, 0.15) is 52.1 Å². The van der Waals surface area contributed by atoms with Crippen molar-refractivity contribution in [3.8, 4) is 0 Å². The maximum Gasteiger partial charge on any atom is 0.131 e. The van der Waals surface area contributed by atoms with Crippen LogP contribution in [0, 0.1) is 0 Å². The van der Waals surface area contributed by atoms with E-state index in [4.69, 9.17) is 9.72 Å². The molecule has 1 N–H and O–H groups in total. The van der Waals surface area contributed by atoms with Gasteiger partial charge in [0.1, 0.15) is 5.82 Å². The minimum atomic E-state index is 0.279. The van der Waals surface area contributed by atoms with Crippen LogP contribution in [0.3, 0.4) is 0 Å². The highest BCUT2D eigenvalue weighted by atomic mass is 16.5. The maximum absolute atomic E-state index is 5.25. The molecule has 5 nitrogen and oxygen atoms in total. The fourth-order valence-electron chi connectivity index (χ4n) is 2.02. The number of aromatic nitrogens is 2. The smallest absolute Gasteiger partial charge is 0.131 e. The number of rotatable bonds is 8. The number of nitrogens with zero attached hydrogens (tertiary/aromatic N) is 3. The predicted octanol–water partition coefficient (Wildman–Crippen LogP) is 2.57. The lowest BCUT2D eigenvalue weighted by Gasteiger charge is -2.28. The van der Waals surface area contributed by atoms with Crippen molar-refractivity contribution < 1.29 is 4.74 Å². The number of nitrogens with one attached hydrogen (secondary N) is 1. The first-order valence-corrected chi connectivity index (χ1v) is 7.67. The first-order valence-electron chi connectivity index (χ1n) is 7.67. The van der Waals surface area contributed by atoms with Gasteiger partial charge < -0.3 is 15.0 Å². The molecule has 0 bridgehead atoms. The highest BCUT2D eigenvalue weighted by Crippen LogP contribution is 2.21. The van der Waals surface area contributed by atoms with Crippen LogP contribution in [0.5, 0.6) is 0 Å². The van der Waals surface area contributed by atoms with Crippen LogP contribution in [0.25, 0.3) is 0 Å². The largest absolute Gasteiger partial charge is 0.383 e. The topological polar surface area (TPSA) is 50.3 Å². The second kappa shape index (κ2) is 8.29. The van der Waals surface area contributed by atoms with Gasteiger partial charge in [-0.25, -0.2) is 9.97 Å². The summed E-state index contributed by atoms with van der Waals surface area (Å²) < 4.78 is 5.25. The van der Waals surface area contributed by atoms with Gasteiger partial charge in [0, 0.05) is 38.7 Å². The van der Waals surface area contributed by atoms with E-state index >= 15 is 0 Å². The molecule has 21 heavy (non-hydrogen) atoms. The van der Waals surface area contributed by atoms with E-state index in [0.29, 0.717) is 18.6 Å². The van der Waals surface area contributed by atoms with Crippen LogP contribution in [0.4, 0.5) is 5.69 Å². The number of ether oxygens (including phenoxy) is 1. The molecular weight excluding hydrogens is 264 g/mol. The summed E-state index contributed by atoms with van der Waals surface area (Å²) in [5, 5.41) is 3.45. The molecule has 0 spiro atoms. The third-order valence-corrected chi connectivity index (χ3v) is 3.51. The first-order chi connectivity index (χ1) is 9.86. The average Bonchev–Trinajstić information content (AvgIpc) is 2.44. The van der Waals surface area contributed by atoms with E-state index in [2.05, 4.69) is 56.9 Å². The molecule has 1 atom stereocenters. The molecule has 5 heteroatoms. The zero-order valence-electron chi connectivity index (χ0n) is 14.5. The van der Waals surface area contributed by atoms with Gasteiger partial charge in [-0.3, -0.25) is 0 Å². The van der Waals surface area contributed by atoms with Crippen molar-refractivity contribution in [2.24, 2.45) is 0 Å². The van der Waals surface area contributed by atoms with E-state index in [0.717, 1.165) is 23.8 Å². The third kappa shape index (κ3) is 5.25.